The summed E-state index contributed by atoms with van der Waals surface area (Å²) in [5, 5.41) is 0.422. The van der Waals surface area contributed by atoms with Crippen molar-refractivity contribution in [3.63, 3.8) is 0 Å². The number of hydrogen-bond acceptors (Lipinski definition) is 5. The topological polar surface area (TPSA) is 79.0 Å². The number of piperazine rings is 1. The van der Waals surface area contributed by atoms with Crippen molar-refractivity contribution in [2.24, 2.45) is 0 Å². The number of benzene rings is 2. The highest BCUT2D eigenvalue weighted by Crippen LogP contribution is 2.26. The molecule has 10 heteroatoms. The Labute approximate surface area is 198 Å². The largest absolute Gasteiger partial charge is 0.377 e. The molecule has 172 valence electrons. The Hall–Kier alpha value is -1.84. The van der Waals surface area contributed by atoms with E-state index in [1.54, 1.807) is 29.2 Å². The van der Waals surface area contributed by atoms with Gasteiger partial charge in [0.2, 0.25) is 0 Å². The first-order valence-electron chi connectivity index (χ1n) is 10.5. The Morgan fingerprint density at radius 3 is 2.53 bits per heavy atom. The molecule has 1 N–H and O–H groups in total. The van der Waals surface area contributed by atoms with Crippen LogP contribution in [-0.2, 0) is 14.8 Å². The number of carbonyl (C=O) groups excluding carboxylic acids is 1. The lowest BCUT2D eigenvalue weighted by molar-refractivity contribution is 0.0432. The van der Waals surface area contributed by atoms with Crippen LogP contribution in [0.25, 0.3) is 0 Å². The molecule has 32 heavy (non-hydrogen) atoms. The second-order valence-corrected chi connectivity index (χ2v) is 10.5. The lowest BCUT2D eigenvalue weighted by Gasteiger charge is -2.35. The molecule has 2 aromatic carbocycles. The van der Waals surface area contributed by atoms with Gasteiger partial charge in [0.25, 0.3) is 15.9 Å². The van der Waals surface area contributed by atoms with Gasteiger partial charge in [-0.1, -0.05) is 29.3 Å². The van der Waals surface area contributed by atoms with Gasteiger partial charge in [0.05, 0.1) is 21.0 Å². The van der Waals surface area contributed by atoms with Crippen molar-refractivity contribution in [1.29, 1.82) is 0 Å². The van der Waals surface area contributed by atoms with E-state index in [2.05, 4.69) is 9.62 Å². The van der Waals surface area contributed by atoms with Gasteiger partial charge in [0, 0.05) is 50.6 Å². The van der Waals surface area contributed by atoms with Crippen LogP contribution in [0.15, 0.2) is 47.4 Å². The predicted molar refractivity (Wildman–Crippen MR) is 125 cm³/mol. The standard InChI is InChI=1S/C22H25Cl2N3O4S/c23-20-7-6-19(14-21(20)24)32(29,30)25-17-4-1-3-16(13-17)22(28)27-10-8-26(9-11-27)15-18-5-2-12-31-18/h1,3-4,6-7,13-14,18,25H,2,5,8-12,15H2. The maximum atomic E-state index is 13.0. The van der Waals surface area contributed by atoms with Gasteiger partial charge in [0.15, 0.2) is 0 Å². The Kier molecular flexibility index (Phi) is 7.27. The van der Waals surface area contributed by atoms with Crippen LogP contribution in [-0.4, -0.2) is 69.6 Å². The van der Waals surface area contributed by atoms with Gasteiger partial charge in [-0.15, -0.1) is 0 Å². The minimum absolute atomic E-state index is 0.00834. The van der Waals surface area contributed by atoms with Crippen LogP contribution in [0.4, 0.5) is 5.69 Å². The van der Waals surface area contributed by atoms with Gasteiger partial charge in [0.1, 0.15) is 0 Å². The molecule has 7 nitrogen and oxygen atoms in total. The molecule has 2 fully saturated rings. The van der Waals surface area contributed by atoms with E-state index in [-0.39, 0.29) is 20.8 Å². The fraction of sp³-hybridized carbons (Fsp3) is 0.409. The number of amides is 1. The van der Waals surface area contributed by atoms with Crippen LogP contribution in [0.3, 0.4) is 0 Å². The summed E-state index contributed by atoms with van der Waals surface area (Å²) in [5.41, 5.74) is 0.742. The third-order valence-electron chi connectivity index (χ3n) is 5.71. The van der Waals surface area contributed by atoms with Crippen LogP contribution in [0.1, 0.15) is 23.2 Å². The second kappa shape index (κ2) is 9.97. The molecule has 2 aromatic rings. The lowest BCUT2D eigenvalue weighted by atomic mass is 10.1. The maximum Gasteiger partial charge on any atom is 0.261 e. The second-order valence-electron chi connectivity index (χ2n) is 7.99. The van der Waals surface area contributed by atoms with Crippen LogP contribution >= 0.6 is 23.2 Å². The normalized spacial score (nSPS) is 19.8. The van der Waals surface area contributed by atoms with E-state index in [0.29, 0.717) is 30.4 Å². The smallest absolute Gasteiger partial charge is 0.261 e. The number of nitrogens with zero attached hydrogens (tertiary/aromatic N) is 2. The van der Waals surface area contributed by atoms with Crippen LogP contribution in [0.2, 0.25) is 10.0 Å². The number of anilines is 1. The zero-order valence-electron chi connectivity index (χ0n) is 17.5. The van der Waals surface area contributed by atoms with E-state index in [4.69, 9.17) is 27.9 Å². The predicted octanol–water partition coefficient (Wildman–Crippen LogP) is 3.73. The minimum Gasteiger partial charge on any atom is -0.377 e. The summed E-state index contributed by atoms with van der Waals surface area (Å²) < 4.78 is 33.6. The van der Waals surface area contributed by atoms with Gasteiger partial charge in [-0.05, 0) is 49.2 Å². The molecule has 4 rings (SSSR count). The van der Waals surface area contributed by atoms with Crippen molar-refractivity contribution in [3.05, 3.63) is 58.1 Å². The zero-order chi connectivity index (χ0) is 22.7. The molecular weight excluding hydrogens is 473 g/mol. The first-order valence-corrected chi connectivity index (χ1v) is 12.8. The average molecular weight is 498 g/mol. The van der Waals surface area contributed by atoms with Gasteiger partial charge in [-0.3, -0.25) is 14.4 Å². The van der Waals surface area contributed by atoms with E-state index in [1.165, 1.54) is 18.2 Å². The van der Waals surface area contributed by atoms with Crippen molar-refractivity contribution < 1.29 is 17.9 Å². The SMILES string of the molecule is O=C(c1cccc(NS(=O)(=O)c2ccc(Cl)c(Cl)c2)c1)N1CCN(CC2CCCO2)CC1. The van der Waals surface area contributed by atoms with Crippen molar-refractivity contribution in [3.8, 4) is 0 Å². The van der Waals surface area contributed by atoms with Crippen LogP contribution < -0.4 is 4.72 Å². The number of sulfonamides is 1. The molecule has 2 heterocycles. The summed E-state index contributed by atoms with van der Waals surface area (Å²) in [7, 11) is -3.88. The van der Waals surface area contributed by atoms with E-state index < -0.39 is 10.0 Å². The van der Waals surface area contributed by atoms with Gasteiger partial charge >= 0.3 is 0 Å². The number of halogens is 2. The maximum absolute atomic E-state index is 13.0. The van der Waals surface area contributed by atoms with Gasteiger partial charge < -0.3 is 9.64 Å². The highest BCUT2D eigenvalue weighted by molar-refractivity contribution is 7.92. The quantitative estimate of drug-likeness (QED) is 0.657. The van der Waals surface area contributed by atoms with E-state index >= 15 is 0 Å². The summed E-state index contributed by atoms with van der Waals surface area (Å²) in [5.74, 6) is -0.114. The molecule has 0 aliphatic carbocycles. The highest BCUT2D eigenvalue weighted by atomic mass is 35.5. The summed E-state index contributed by atoms with van der Waals surface area (Å²) >= 11 is 11.8. The number of ether oxygens (including phenoxy) is 1. The fourth-order valence-corrected chi connectivity index (χ4v) is 5.40. The van der Waals surface area contributed by atoms with E-state index in [0.717, 1.165) is 39.1 Å². The number of rotatable bonds is 6. The van der Waals surface area contributed by atoms with Gasteiger partial charge in [-0.25, -0.2) is 8.42 Å². The summed E-state index contributed by atoms with van der Waals surface area (Å²) in [6.45, 7) is 4.61. The molecule has 2 saturated heterocycles. The lowest BCUT2D eigenvalue weighted by Crippen LogP contribution is -2.50. The Balaban J connectivity index is 1.39. The Morgan fingerprint density at radius 2 is 1.84 bits per heavy atom. The average Bonchev–Trinajstić information content (AvgIpc) is 3.28. The molecule has 1 atom stereocenters. The first-order chi connectivity index (χ1) is 15.3. The number of nitrogens with one attached hydrogen (secondary N) is 1. The van der Waals surface area contributed by atoms with E-state index in [1.807, 2.05) is 0 Å². The molecule has 0 aromatic heterocycles. The number of hydrogen-bond donors (Lipinski definition) is 1. The summed E-state index contributed by atoms with van der Waals surface area (Å²) in [6.07, 6.45) is 2.52. The van der Waals surface area contributed by atoms with Crippen LogP contribution in [0, 0.1) is 0 Å². The molecule has 0 saturated carbocycles. The molecule has 2 aliphatic heterocycles. The molecule has 0 bridgehead atoms. The molecule has 2 aliphatic rings. The monoisotopic (exact) mass is 497 g/mol. The molecule has 1 unspecified atom stereocenters. The minimum atomic E-state index is -3.88. The molecule has 1 amide bonds. The third kappa shape index (κ3) is 5.55. The molecule has 0 spiro atoms. The summed E-state index contributed by atoms with van der Waals surface area (Å²) in [4.78, 5) is 17.1. The molecular formula is C22H25Cl2N3O4S. The van der Waals surface area contributed by atoms with Gasteiger partial charge in [-0.2, -0.15) is 0 Å². The van der Waals surface area contributed by atoms with E-state index in [9.17, 15) is 13.2 Å². The van der Waals surface area contributed by atoms with Crippen molar-refractivity contribution in [1.82, 2.24) is 9.80 Å². The Bertz CT molecular complexity index is 1080. The third-order valence-corrected chi connectivity index (χ3v) is 7.83. The summed E-state index contributed by atoms with van der Waals surface area (Å²) in [6, 6.07) is 10.6. The number of carbonyl (C=O) groups is 1. The van der Waals surface area contributed by atoms with Crippen molar-refractivity contribution >= 4 is 44.8 Å². The van der Waals surface area contributed by atoms with Crippen molar-refractivity contribution in [2.45, 2.75) is 23.8 Å². The fourth-order valence-electron chi connectivity index (χ4n) is 3.97. The highest BCUT2D eigenvalue weighted by Gasteiger charge is 2.26. The Morgan fingerprint density at radius 1 is 1.06 bits per heavy atom. The first kappa shape index (κ1) is 23.3. The van der Waals surface area contributed by atoms with Crippen molar-refractivity contribution in [2.75, 3.05) is 44.1 Å². The zero-order valence-corrected chi connectivity index (χ0v) is 19.8. The molecule has 0 radical (unpaired) electrons. The van der Waals surface area contributed by atoms with Crippen LogP contribution in [0.5, 0.6) is 0 Å².